The van der Waals surface area contributed by atoms with Crippen molar-refractivity contribution in [2.45, 2.75) is 26.9 Å². The lowest BCUT2D eigenvalue weighted by atomic mass is 10.0. The number of piperazine rings is 1. The van der Waals surface area contributed by atoms with Gasteiger partial charge in [-0.1, -0.05) is 93.1 Å². The van der Waals surface area contributed by atoms with Gasteiger partial charge in [0.2, 0.25) is 0 Å². The lowest BCUT2D eigenvalue weighted by Crippen LogP contribution is -2.45. The number of rotatable bonds is 6. The Hall–Kier alpha value is -2.35. The van der Waals surface area contributed by atoms with Crippen LogP contribution in [0.2, 0.25) is 0 Å². The van der Waals surface area contributed by atoms with Crippen molar-refractivity contribution in [3.05, 3.63) is 92.8 Å². The fraction of sp³-hybridized carbons (Fsp3) is 0.276. The van der Waals surface area contributed by atoms with E-state index in [1.54, 1.807) is 20.7 Å². The van der Waals surface area contributed by atoms with Gasteiger partial charge in [-0.15, -0.1) is 0 Å². The molecule has 5 rings (SSSR count). The molecular formula is C29H30N2OS3. The number of phenolic OH excluding ortho intramolecular Hbond substituents is 1. The van der Waals surface area contributed by atoms with Gasteiger partial charge in [0.05, 0.1) is 4.88 Å². The van der Waals surface area contributed by atoms with E-state index < -0.39 is 0 Å². The van der Waals surface area contributed by atoms with Crippen LogP contribution < -0.4 is 0 Å². The Bertz CT molecular complexity index is 1370. The highest BCUT2D eigenvalue weighted by atomic mass is 32.9. The molecule has 0 aliphatic carbocycles. The molecule has 1 aliphatic heterocycles. The lowest BCUT2D eigenvalue weighted by Gasteiger charge is -2.35. The maximum Gasteiger partial charge on any atom is 0.120 e. The SMILES string of the molecule is Cc1ccc(-c2ssc(=S)c2-c2ccc(O)c(CN3CCN(Cc4ccccc4C)CC3)c2)cc1. The van der Waals surface area contributed by atoms with Crippen molar-refractivity contribution in [3.8, 4) is 27.3 Å². The van der Waals surface area contributed by atoms with E-state index in [1.165, 1.54) is 27.1 Å². The first kappa shape index (κ1) is 24.3. The number of hydrogen-bond donors (Lipinski definition) is 1. The molecule has 0 saturated carbocycles. The number of benzene rings is 3. The summed E-state index contributed by atoms with van der Waals surface area (Å²) in [6.45, 7) is 10.1. The third kappa shape index (κ3) is 5.57. The van der Waals surface area contributed by atoms with Gasteiger partial charge in [-0.25, -0.2) is 0 Å². The highest BCUT2D eigenvalue weighted by Gasteiger charge is 2.20. The average Bonchev–Trinajstić information content (AvgIpc) is 3.25. The molecule has 4 aromatic rings. The van der Waals surface area contributed by atoms with Crippen LogP contribution in [0.5, 0.6) is 5.75 Å². The first-order chi connectivity index (χ1) is 17.0. The van der Waals surface area contributed by atoms with E-state index in [4.69, 9.17) is 12.2 Å². The number of aromatic hydroxyl groups is 1. The Balaban J connectivity index is 1.31. The molecule has 35 heavy (non-hydrogen) atoms. The van der Waals surface area contributed by atoms with Gasteiger partial charge in [-0.3, -0.25) is 9.80 Å². The predicted octanol–water partition coefficient (Wildman–Crippen LogP) is 7.51. The van der Waals surface area contributed by atoms with E-state index in [1.807, 2.05) is 12.1 Å². The Kier molecular flexibility index (Phi) is 7.46. The van der Waals surface area contributed by atoms with Crippen LogP contribution in [0.25, 0.3) is 21.6 Å². The van der Waals surface area contributed by atoms with Crippen molar-refractivity contribution in [2.75, 3.05) is 26.2 Å². The molecule has 1 aromatic heterocycles. The first-order valence-electron chi connectivity index (χ1n) is 12.0. The van der Waals surface area contributed by atoms with Crippen molar-refractivity contribution in [1.29, 1.82) is 0 Å². The summed E-state index contributed by atoms with van der Waals surface area (Å²) in [6.07, 6.45) is 0. The number of phenols is 1. The third-order valence-electron chi connectivity index (χ3n) is 6.83. The summed E-state index contributed by atoms with van der Waals surface area (Å²) in [5.74, 6) is 0.359. The normalized spacial score (nSPS) is 14.9. The second kappa shape index (κ2) is 10.7. The summed E-state index contributed by atoms with van der Waals surface area (Å²) in [5.41, 5.74) is 8.39. The van der Waals surface area contributed by atoms with E-state index in [0.717, 1.165) is 59.8 Å². The molecule has 1 fully saturated rings. The predicted molar refractivity (Wildman–Crippen MR) is 152 cm³/mol. The van der Waals surface area contributed by atoms with Gasteiger partial charge in [0, 0.05) is 50.4 Å². The molecule has 0 bridgehead atoms. The van der Waals surface area contributed by atoms with Crippen LogP contribution in [0.4, 0.5) is 0 Å². The second-order valence-electron chi connectivity index (χ2n) is 9.35. The van der Waals surface area contributed by atoms with Gasteiger partial charge in [0.1, 0.15) is 9.57 Å². The second-order valence-corrected chi connectivity index (χ2v) is 12.2. The average molecular weight is 519 g/mol. The Morgan fingerprint density at radius 1 is 0.771 bits per heavy atom. The molecule has 0 amide bonds. The zero-order valence-electron chi connectivity index (χ0n) is 20.2. The molecule has 3 nitrogen and oxygen atoms in total. The van der Waals surface area contributed by atoms with Crippen molar-refractivity contribution >= 4 is 32.9 Å². The maximum atomic E-state index is 10.7. The third-order valence-corrected chi connectivity index (χ3v) is 9.89. The van der Waals surface area contributed by atoms with Gasteiger partial charge < -0.3 is 5.11 Å². The number of nitrogens with zero attached hydrogens (tertiary/aromatic N) is 2. The van der Waals surface area contributed by atoms with Gasteiger partial charge in [0.25, 0.3) is 0 Å². The van der Waals surface area contributed by atoms with Crippen molar-refractivity contribution in [1.82, 2.24) is 9.80 Å². The Morgan fingerprint density at radius 3 is 2.09 bits per heavy atom. The van der Waals surface area contributed by atoms with Crippen molar-refractivity contribution in [2.24, 2.45) is 0 Å². The Morgan fingerprint density at radius 2 is 1.40 bits per heavy atom. The summed E-state index contributed by atoms with van der Waals surface area (Å²) in [6, 6.07) is 23.2. The topological polar surface area (TPSA) is 26.7 Å². The van der Waals surface area contributed by atoms with E-state index >= 15 is 0 Å². The lowest BCUT2D eigenvalue weighted by molar-refractivity contribution is 0.121. The smallest absolute Gasteiger partial charge is 0.120 e. The summed E-state index contributed by atoms with van der Waals surface area (Å²) >= 11 is 5.74. The molecule has 0 atom stereocenters. The number of hydrogen-bond acceptors (Lipinski definition) is 6. The minimum atomic E-state index is 0.359. The van der Waals surface area contributed by atoms with Crippen LogP contribution in [-0.2, 0) is 13.1 Å². The van der Waals surface area contributed by atoms with Crippen LogP contribution in [0.15, 0.2) is 66.7 Å². The molecule has 0 unspecified atom stereocenters. The molecule has 1 aliphatic rings. The van der Waals surface area contributed by atoms with E-state index in [9.17, 15) is 5.11 Å². The maximum absolute atomic E-state index is 10.7. The summed E-state index contributed by atoms with van der Waals surface area (Å²) in [4.78, 5) is 6.18. The van der Waals surface area contributed by atoms with Gasteiger partial charge >= 0.3 is 0 Å². The number of aryl methyl sites for hydroxylation is 2. The Labute approximate surface area is 220 Å². The molecule has 3 aromatic carbocycles. The van der Waals surface area contributed by atoms with Crippen LogP contribution in [-0.4, -0.2) is 41.1 Å². The fourth-order valence-corrected chi connectivity index (χ4v) is 7.56. The first-order valence-corrected chi connectivity index (χ1v) is 14.6. The van der Waals surface area contributed by atoms with E-state index in [2.05, 4.69) is 78.2 Å². The van der Waals surface area contributed by atoms with E-state index in [-0.39, 0.29) is 0 Å². The van der Waals surface area contributed by atoms with Gasteiger partial charge in [-0.05, 0) is 48.2 Å². The van der Waals surface area contributed by atoms with Crippen LogP contribution in [0.3, 0.4) is 0 Å². The molecule has 1 N–H and O–H groups in total. The molecule has 1 saturated heterocycles. The summed E-state index contributed by atoms with van der Waals surface area (Å²) in [7, 11) is 3.39. The van der Waals surface area contributed by atoms with Crippen LogP contribution >= 0.6 is 32.9 Å². The monoisotopic (exact) mass is 518 g/mol. The fourth-order valence-electron chi connectivity index (χ4n) is 4.64. The van der Waals surface area contributed by atoms with Crippen molar-refractivity contribution in [3.63, 3.8) is 0 Å². The molecular weight excluding hydrogens is 489 g/mol. The standard InChI is InChI=1S/C29H30N2OS3/c1-20-7-9-22(10-8-20)28-27(29(33)35-34-28)23-11-12-26(32)25(17-23)19-31-15-13-30(14-16-31)18-24-6-4-3-5-21(24)2/h3-12,17,32H,13-16,18-19H2,1-2H3. The largest absolute Gasteiger partial charge is 0.508 e. The summed E-state index contributed by atoms with van der Waals surface area (Å²) in [5, 5.41) is 10.7. The van der Waals surface area contributed by atoms with Crippen LogP contribution in [0.1, 0.15) is 22.3 Å². The molecule has 2 heterocycles. The molecule has 180 valence electrons. The van der Waals surface area contributed by atoms with E-state index in [0.29, 0.717) is 5.75 Å². The molecule has 6 heteroatoms. The highest BCUT2D eigenvalue weighted by Crippen LogP contribution is 2.42. The van der Waals surface area contributed by atoms with Gasteiger partial charge in [-0.2, -0.15) is 0 Å². The van der Waals surface area contributed by atoms with Crippen molar-refractivity contribution < 1.29 is 5.11 Å². The summed E-state index contributed by atoms with van der Waals surface area (Å²) < 4.78 is 0.909. The van der Waals surface area contributed by atoms with Crippen LogP contribution in [0, 0.1) is 17.7 Å². The molecule has 0 spiro atoms. The highest BCUT2D eigenvalue weighted by molar-refractivity contribution is 7.80. The van der Waals surface area contributed by atoms with Gasteiger partial charge in [0.15, 0.2) is 0 Å². The molecule has 0 radical (unpaired) electrons. The zero-order valence-corrected chi connectivity index (χ0v) is 22.6. The quantitative estimate of drug-likeness (QED) is 0.211. The zero-order chi connectivity index (χ0) is 24.4. The minimum Gasteiger partial charge on any atom is -0.508 e. The minimum absolute atomic E-state index is 0.359.